The van der Waals surface area contributed by atoms with Crippen LogP contribution in [0, 0.1) is 0 Å². The summed E-state index contributed by atoms with van der Waals surface area (Å²) in [4.78, 5) is 0. The van der Waals surface area contributed by atoms with Crippen molar-refractivity contribution >= 4 is 12.2 Å². The normalized spacial score (nSPS) is 11.7. The maximum Gasteiger partial charge on any atom is 0.115 e. The van der Waals surface area contributed by atoms with Crippen molar-refractivity contribution in [1.82, 2.24) is 0 Å². The van der Waals surface area contributed by atoms with E-state index in [1.807, 2.05) is 24.3 Å². The number of allylic oxidation sites excluding steroid dienone is 2. The molecule has 0 unspecified atom stereocenters. The van der Waals surface area contributed by atoms with E-state index in [-0.39, 0.29) is 0 Å². The molecule has 0 heterocycles. The van der Waals surface area contributed by atoms with Crippen LogP contribution >= 0.6 is 0 Å². The molecular weight excluding hydrogens is 528 g/mol. The van der Waals surface area contributed by atoms with Crippen LogP contribution in [-0.2, 0) is 4.74 Å². The van der Waals surface area contributed by atoms with Gasteiger partial charge in [0.25, 0.3) is 0 Å². The Labute approximate surface area is 264 Å². The standard InChI is InChI=1S/C40H62O3/c41-39-31-27-37(28-32-39)25-21-17-13-9-5-1-3-7-11-15-19-23-35-43-36-24-20-16-12-8-4-2-6-10-14-18-22-26-38-29-33-40(42)34-30-38/h21-22,25-34,41-42H,1-20,23-24,35-36H2. The molecule has 43 heavy (non-hydrogen) atoms. The van der Waals surface area contributed by atoms with Gasteiger partial charge in [-0.25, -0.2) is 0 Å². The van der Waals surface area contributed by atoms with Gasteiger partial charge in [-0.3, -0.25) is 0 Å². The zero-order valence-electron chi connectivity index (χ0n) is 27.2. The summed E-state index contributed by atoms with van der Waals surface area (Å²) in [7, 11) is 0. The monoisotopic (exact) mass is 590 g/mol. The van der Waals surface area contributed by atoms with E-state index in [2.05, 4.69) is 24.3 Å². The maximum atomic E-state index is 9.32. The first-order chi connectivity index (χ1) is 21.2. The SMILES string of the molecule is Oc1ccc(C=CCCCCCCCCCCCCOCCCCCCCCCCCCC=Cc2ccc(O)cc2)cc1. The summed E-state index contributed by atoms with van der Waals surface area (Å²) in [6.45, 7) is 1.90. The number of hydrogen-bond acceptors (Lipinski definition) is 3. The molecule has 0 aliphatic rings. The summed E-state index contributed by atoms with van der Waals surface area (Å²) < 4.78 is 5.86. The maximum absolute atomic E-state index is 9.32. The van der Waals surface area contributed by atoms with Crippen LogP contribution in [0.5, 0.6) is 11.5 Å². The predicted octanol–water partition coefficient (Wildman–Crippen LogP) is 12.4. The highest BCUT2D eigenvalue weighted by Gasteiger charge is 1.96. The molecule has 2 aromatic carbocycles. The summed E-state index contributed by atoms with van der Waals surface area (Å²) in [6, 6.07) is 14.8. The molecule has 2 rings (SSSR count). The molecule has 0 atom stereocenters. The summed E-state index contributed by atoms with van der Waals surface area (Å²) >= 11 is 0. The predicted molar refractivity (Wildman–Crippen MR) is 187 cm³/mol. The minimum absolute atomic E-state index is 0.330. The van der Waals surface area contributed by atoms with Crippen molar-refractivity contribution in [1.29, 1.82) is 0 Å². The van der Waals surface area contributed by atoms with E-state index in [0.29, 0.717) is 11.5 Å². The molecule has 0 spiro atoms. The van der Waals surface area contributed by atoms with Gasteiger partial charge < -0.3 is 14.9 Å². The average molecular weight is 591 g/mol. The minimum Gasteiger partial charge on any atom is -0.508 e. The number of ether oxygens (including phenoxy) is 1. The smallest absolute Gasteiger partial charge is 0.115 e. The lowest BCUT2D eigenvalue weighted by Gasteiger charge is -2.05. The van der Waals surface area contributed by atoms with Crippen molar-refractivity contribution in [2.24, 2.45) is 0 Å². The molecule has 0 saturated heterocycles. The van der Waals surface area contributed by atoms with Gasteiger partial charge >= 0.3 is 0 Å². The third-order valence-corrected chi connectivity index (χ3v) is 8.23. The van der Waals surface area contributed by atoms with Crippen molar-refractivity contribution in [3.63, 3.8) is 0 Å². The Morgan fingerprint density at radius 1 is 0.372 bits per heavy atom. The fourth-order valence-electron chi connectivity index (χ4n) is 5.47. The first-order valence-electron chi connectivity index (χ1n) is 17.7. The van der Waals surface area contributed by atoms with E-state index in [0.717, 1.165) is 37.2 Å². The highest BCUT2D eigenvalue weighted by atomic mass is 16.5. The van der Waals surface area contributed by atoms with E-state index in [1.54, 1.807) is 24.3 Å². The van der Waals surface area contributed by atoms with Gasteiger partial charge in [0.1, 0.15) is 11.5 Å². The zero-order valence-corrected chi connectivity index (χ0v) is 27.2. The van der Waals surface area contributed by atoms with Crippen LogP contribution < -0.4 is 0 Å². The minimum atomic E-state index is 0.330. The molecule has 0 amide bonds. The summed E-state index contributed by atoms with van der Waals surface area (Å²) in [5.74, 6) is 0.660. The van der Waals surface area contributed by atoms with E-state index in [4.69, 9.17) is 4.74 Å². The Morgan fingerprint density at radius 3 is 0.977 bits per heavy atom. The highest BCUT2D eigenvalue weighted by molar-refractivity contribution is 5.50. The van der Waals surface area contributed by atoms with Crippen LogP contribution in [-0.4, -0.2) is 23.4 Å². The van der Waals surface area contributed by atoms with Crippen LogP contribution in [0.2, 0.25) is 0 Å². The second-order valence-corrected chi connectivity index (χ2v) is 12.2. The van der Waals surface area contributed by atoms with Crippen molar-refractivity contribution in [2.75, 3.05) is 13.2 Å². The van der Waals surface area contributed by atoms with Gasteiger partial charge in [0, 0.05) is 13.2 Å². The van der Waals surface area contributed by atoms with Crippen LogP contribution in [0.15, 0.2) is 60.7 Å². The molecule has 0 bridgehead atoms. The van der Waals surface area contributed by atoms with Crippen LogP contribution in [0.4, 0.5) is 0 Å². The Morgan fingerprint density at radius 2 is 0.651 bits per heavy atom. The molecule has 0 aromatic heterocycles. The van der Waals surface area contributed by atoms with E-state index in [9.17, 15) is 10.2 Å². The Balaban J connectivity index is 1.19. The molecule has 2 aromatic rings. The van der Waals surface area contributed by atoms with Gasteiger partial charge in [0.05, 0.1) is 0 Å². The number of rotatable bonds is 28. The molecule has 3 heteroatoms. The Kier molecular flexibility index (Phi) is 23.1. The third kappa shape index (κ3) is 22.7. The number of phenolic OH excluding ortho intramolecular Hbond substituents is 2. The van der Waals surface area contributed by atoms with Crippen molar-refractivity contribution in [2.45, 2.75) is 141 Å². The van der Waals surface area contributed by atoms with Crippen LogP contribution in [0.1, 0.15) is 152 Å². The van der Waals surface area contributed by atoms with Crippen molar-refractivity contribution in [3.05, 3.63) is 71.8 Å². The van der Waals surface area contributed by atoms with Crippen molar-refractivity contribution in [3.8, 4) is 11.5 Å². The number of benzene rings is 2. The van der Waals surface area contributed by atoms with Gasteiger partial charge in [-0.2, -0.15) is 0 Å². The largest absolute Gasteiger partial charge is 0.508 e. The second kappa shape index (κ2) is 27.1. The quantitative estimate of drug-likeness (QED) is 0.0969. The Hall–Kier alpha value is -2.52. The molecule has 2 N–H and O–H groups in total. The lowest BCUT2D eigenvalue weighted by atomic mass is 10.1. The Bertz CT molecular complexity index is 852. The second-order valence-electron chi connectivity index (χ2n) is 12.2. The van der Waals surface area contributed by atoms with Gasteiger partial charge in [0.15, 0.2) is 0 Å². The number of aromatic hydroxyl groups is 2. The molecule has 0 fully saturated rings. The summed E-state index contributed by atoms with van der Waals surface area (Å²) in [5, 5.41) is 18.6. The molecular formula is C40H62O3. The fourth-order valence-corrected chi connectivity index (χ4v) is 5.47. The zero-order chi connectivity index (χ0) is 30.5. The van der Waals surface area contributed by atoms with Gasteiger partial charge in [-0.15, -0.1) is 0 Å². The van der Waals surface area contributed by atoms with Gasteiger partial charge in [0.2, 0.25) is 0 Å². The summed E-state index contributed by atoms with van der Waals surface area (Å²) in [5.41, 5.74) is 2.32. The number of hydrogen-bond donors (Lipinski definition) is 2. The van der Waals surface area contributed by atoms with E-state index < -0.39 is 0 Å². The lowest BCUT2D eigenvalue weighted by molar-refractivity contribution is 0.125. The van der Waals surface area contributed by atoms with Crippen molar-refractivity contribution < 1.29 is 14.9 Å². The molecule has 240 valence electrons. The summed E-state index contributed by atoms with van der Waals surface area (Å²) in [6.07, 6.45) is 38.0. The number of unbranched alkanes of at least 4 members (excludes halogenated alkanes) is 20. The van der Waals surface area contributed by atoms with Gasteiger partial charge in [-0.05, 0) is 73.9 Å². The molecule has 0 aliphatic carbocycles. The molecule has 0 saturated carbocycles. The average Bonchev–Trinajstić information content (AvgIpc) is 3.02. The molecule has 0 radical (unpaired) electrons. The van der Waals surface area contributed by atoms with E-state index in [1.165, 1.54) is 128 Å². The van der Waals surface area contributed by atoms with E-state index >= 15 is 0 Å². The first kappa shape index (κ1) is 36.7. The fraction of sp³-hybridized carbons (Fsp3) is 0.600. The number of phenols is 2. The molecule has 3 nitrogen and oxygen atoms in total. The van der Waals surface area contributed by atoms with Crippen LogP contribution in [0.3, 0.4) is 0 Å². The topological polar surface area (TPSA) is 49.7 Å². The van der Waals surface area contributed by atoms with Gasteiger partial charge in [-0.1, -0.05) is 151 Å². The first-order valence-corrected chi connectivity index (χ1v) is 17.7. The highest BCUT2D eigenvalue weighted by Crippen LogP contribution is 2.15. The van der Waals surface area contributed by atoms with Crippen LogP contribution in [0.25, 0.3) is 12.2 Å². The third-order valence-electron chi connectivity index (χ3n) is 8.23. The molecule has 0 aliphatic heterocycles. The lowest BCUT2D eigenvalue weighted by Crippen LogP contribution is -1.97.